The zero-order chi connectivity index (χ0) is 33.5. The highest BCUT2D eigenvalue weighted by Gasteiger charge is 2.17. The van der Waals surface area contributed by atoms with Gasteiger partial charge in [0, 0.05) is 47.5 Å². The molecule has 3 heterocycles. The highest BCUT2D eigenvalue weighted by molar-refractivity contribution is 7.26. The van der Waals surface area contributed by atoms with Gasteiger partial charge in [0.05, 0.1) is 22.4 Å². The number of pyridine rings is 2. The topological polar surface area (TPSA) is 25.8 Å². The minimum atomic E-state index is 0.920. The molecule has 11 rings (SSSR count). The molecule has 236 valence electrons. The number of benzene rings is 8. The smallest absolute Gasteiger partial charge is 0.0972 e. The summed E-state index contributed by atoms with van der Waals surface area (Å²) in [7, 11) is 0. The van der Waals surface area contributed by atoms with Crippen LogP contribution in [0.4, 0.5) is 0 Å². The van der Waals surface area contributed by atoms with E-state index in [9.17, 15) is 0 Å². The van der Waals surface area contributed by atoms with Crippen LogP contribution in [0.1, 0.15) is 0 Å². The van der Waals surface area contributed by atoms with Crippen LogP contribution in [0.3, 0.4) is 0 Å². The molecule has 0 N–H and O–H groups in total. The zero-order valence-electron chi connectivity index (χ0n) is 27.5. The average molecular weight is 665 g/mol. The number of nitrogens with zero attached hydrogens (tertiary/aromatic N) is 2. The first kappa shape index (κ1) is 28.4. The fraction of sp³-hybridized carbons (Fsp3) is 0. The van der Waals surface area contributed by atoms with Gasteiger partial charge in [-0.3, -0.25) is 0 Å². The van der Waals surface area contributed by atoms with E-state index in [1.54, 1.807) is 0 Å². The van der Waals surface area contributed by atoms with E-state index in [4.69, 9.17) is 9.97 Å². The summed E-state index contributed by atoms with van der Waals surface area (Å²) in [5, 5.41) is 12.4. The van der Waals surface area contributed by atoms with Crippen molar-refractivity contribution in [3.8, 4) is 33.6 Å². The third-order valence-electron chi connectivity index (χ3n) is 10.4. The molecule has 0 radical (unpaired) electrons. The highest BCUT2D eigenvalue weighted by atomic mass is 32.1. The maximum Gasteiger partial charge on any atom is 0.0972 e. The van der Waals surface area contributed by atoms with Crippen LogP contribution in [0.25, 0.3) is 108 Å². The molecule has 0 saturated heterocycles. The van der Waals surface area contributed by atoms with E-state index in [-0.39, 0.29) is 0 Å². The monoisotopic (exact) mass is 664 g/mol. The van der Waals surface area contributed by atoms with Crippen molar-refractivity contribution in [2.24, 2.45) is 0 Å². The number of thiophene rings is 1. The molecule has 2 nitrogen and oxygen atoms in total. The summed E-state index contributed by atoms with van der Waals surface area (Å²) in [6.45, 7) is 0. The lowest BCUT2D eigenvalue weighted by Crippen LogP contribution is -1.92. The predicted molar refractivity (Wildman–Crippen MR) is 219 cm³/mol. The molecule has 0 fully saturated rings. The lowest BCUT2D eigenvalue weighted by Gasteiger charge is -2.15. The standard InChI is InChI=1S/C48H28N2S/c1-2-10-29(11-3-1)42-26-23-30-20-21-31-24-27-43(50-47(31)46(30)49-42)37-18-9-15-33-34(37)16-8-17-35(33)41-28-32-22-25-40-38-13-6-7-19-44(38)51-48(40)45(32)39-14-5-4-12-36(39)41/h1-28H. The summed E-state index contributed by atoms with van der Waals surface area (Å²) < 4.78 is 2.69. The van der Waals surface area contributed by atoms with Gasteiger partial charge < -0.3 is 0 Å². The second-order valence-electron chi connectivity index (χ2n) is 13.3. The first-order chi connectivity index (χ1) is 25.3. The Labute approximate surface area is 297 Å². The van der Waals surface area contributed by atoms with E-state index in [2.05, 4.69) is 164 Å². The van der Waals surface area contributed by atoms with Crippen LogP contribution in [-0.2, 0) is 0 Å². The van der Waals surface area contributed by atoms with Crippen LogP contribution in [0, 0.1) is 0 Å². The Bertz CT molecular complexity index is 3190. The summed E-state index contributed by atoms with van der Waals surface area (Å²) >= 11 is 1.90. The number of hydrogen-bond donors (Lipinski definition) is 0. The summed E-state index contributed by atoms with van der Waals surface area (Å²) in [5.74, 6) is 0. The van der Waals surface area contributed by atoms with Gasteiger partial charge in [-0.1, -0.05) is 146 Å². The van der Waals surface area contributed by atoms with Crippen molar-refractivity contribution >= 4 is 85.6 Å². The van der Waals surface area contributed by atoms with Crippen LogP contribution >= 0.6 is 11.3 Å². The Morgan fingerprint density at radius 2 is 0.922 bits per heavy atom. The first-order valence-corrected chi connectivity index (χ1v) is 18.1. The quantitative estimate of drug-likeness (QED) is 0.176. The Morgan fingerprint density at radius 1 is 0.353 bits per heavy atom. The van der Waals surface area contributed by atoms with Crippen LogP contribution in [-0.4, -0.2) is 9.97 Å². The van der Waals surface area contributed by atoms with Crippen molar-refractivity contribution in [2.75, 3.05) is 0 Å². The van der Waals surface area contributed by atoms with E-state index in [0.717, 1.165) is 44.3 Å². The van der Waals surface area contributed by atoms with Gasteiger partial charge in [-0.15, -0.1) is 11.3 Å². The molecule has 0 aliphatic carbocycles. The van der Waals surface area contributed by atoms with E-state index in [1.807, 2.05) is 17.4 Å². The van der Waals surface area contributed by atoms with Gasteiger partial charge in [0.15, 0.2) is 0 Å². The Hall–Kier alpha value is -6.42. The lowest BCUT2D eigenvalue weighted by atomic mass is 9.89. The first-order valence-electron chi connectivity index (χ1n) is 17.3. The van der Waals surface area contributed by atoms with E-state index in [0.29, 0.717) is 0 Å². The molecular weight excluding hydrogens is 637 g/mol. The van der Waals surface area contributed by atoms with Crippen molar-refractivity contribution in [3.05, 3.63) is 170 Å². The third-order valence-corrected chi connectivity index (χ3v) is 11.6. The number of hydrogen-bond acceptors (Lipinski definition) is 3. The maximum absolute atomic E-state index is 5.34. The van der Waals surface area contributed by atoms with Gasteiger partial charge in [-0.05, 0) is 62.3 Å². The SMILES string of the molecule is c1ccc(-c2ccc3ccc4ccc(-c5cccc6c(-c7cc8ccc9c%10ccccc%10sc9c8c8ccccc78)cccc56)nc4c3n2)cc1. The van der Waals surface area contributed by atoms with Gasteiger partial charge >= 0.3 is 0 Å². The minimum absolute atomic E-state index is 0.920. The molecule has 0 saturated carbocycles. The fourth-order valence-corrected chi connectivity index (χ4v) is 9.32. The molecule has 0 bridgehead atoms. The molecule has 0 unspecified atom stereocenters. The fourth-order valence-electron chi connectivity index (χ4n) is 8.05. The van der Waals surface area contributed by atoms with E-state index >= 15 is 0 Å². The maximum atomic E-state index is 5.34. The molecule has 0 amide bonds. The molecule has 0 atom stereocenters. The second kappa shape index (κ2) is 11.0. The molecule has 11 aromatic rings. The Kier molecular flexibility index (Phi) is 6.16. The van der Waals surface area contributed by atoms with Gasteiger partial charge in [0.25, 0.3) is 0 Å². The third kappa shape index (κ3) is 4.35. The predicted octanol–water partition coefficient (Wildman–Crippen LogP) is 13.6. The van der Waals surface area contributed by atoms with Gasteiger partial charge in [0.2, 0.25) is 0 Å². The Morgan fingerprint density at radius 3 is 1.73 bits per heavy atom. The minimum Gasteiger partial charge on any atom is -0.245 e. The van der Waals surface area contributed by atoms with Crippen LogP contribution in [0.2, 0.25) is 0 Å². The van der Waals surface area contributed by atoms with Gasteiger partial charge in [-0.2, -0.15) is 0 Å². The normalized spacial score (nSPS) is 11.9. The summed E-state index contributed by atoms with van der Waals surface area (Å²) in [6, 6.07) is 61.3. The van der Waals surface area contributed by atoms with Crippen molar-refractivity contribution in [3.63, 3.8) is 0 Å². The van der Waals surface area contributed by atoms with E-state index in [1.165, 1.54) is 63.6 Å². The molecule has 51 heavy (non-hydrogen) atoms. The van der Waals surface area contributed by atoms with Crippen molar-refractivity contribution in [1.29, 1.82) is 0 Å². The molecule has 0 aliphatic heterocycles. The van der Waals surface area contributed by atoms with Crippen molar-refractivity contribution < 1.29 is 0 Å². The van der Waals surface area contributed by atoms with Crippen LogP contribution in [0.5, 0.6) is 0 Å². The Balaban J connectivity index is 1.12. The van der Waals surface area contributed by atoms with Gasteiger partial charge in [-0.25, -0.2) is 9.97 Å². The summed E-state index contributed by atoms with van der Waals surface area (Å²) in [6.07, 6.45) is 0. The molecule has 3 heteroatoms. The van der Waals surface area contributed by atoms with Crippen molar-refractivity contribution in [1.82, 2.24) is 9.97 Å². The largest absolute Gasteiger partial charge is 0.245 e. The van der Waals surface area contributed by atoms with Crippen LogP contribution in [0.15, 0.2) is 170 Å². The second-order valence-corrected chi connectivity index (χ2v) is 14.3. The number of aromatic nitrogens is 2. The molecular formula is C48H28N2S. The molecule has 0 spiro atoms. The molecule has 3 aromatic heterocycles. The van der Waals surface area contributed by atoms with E-state index < -0.39 is 0 Å². The number of rotatable bonds is 3. The highest BCUT2D eigenvalue weighted by Crippen LogP contribution is 2.45. The summed E-state index contributed by atoms with van der Waals surface area (Å²) in [4.78, 5) is 10.5. The zero-order valence-corrected chi connectivity index (χ0v) is 28.3. The van der Waals surface area contributed by atoms with Gasteiger partial charge in [0.1, 0.15) is 0 Å². The molecule has 0 aliphatic rings. The molecule has 8 aromatic carbocycles. The summed E-state index contributed by atoms with van der Waals surface area (Å²) in [5.41, 5.74) is 8.43. The van der Waals surface area contributed by atoms with Crippen LogP contribution < -0.4 is 0 Å². The lowest BCUT2D eigenvalue weighted by molar-refractivity contribution is 1.37. The number of fused-ring (bicyclic) bond motifs is 11. The average Bonchev–Trinajstić information content (AvgIpc) is 3.59. The van der Waals surface area contributed by atoms with Crippen molar-refractivity contribution in [2.45, 2.75) is 0 Å².